The van der Waals surface area contributed by atoms with Crippen molar-refractivity contribution in [3.63, 3.8) is 0 Å². The van der Waals surface area contributed by atoms with E-state index in [-0.39, 0.29) is 12.1 Å². The molecule has 1 heterocycles. The molecule has 0 bridgehead atoms. The van der Waals surface area contributed by atoms with E-state index >= 15 is 0 Å². The number of nitrogens with one attached hydrogen (secondary N) is 2. The summed E-state index contributed by atoms with van der Waals surface area (Å²) in [6.45, 7) is 7.63. The van der Waals surface area contributed by atoms with Crippen molar-refractivity contribution in [1.29, 1.82) is 0 Å². The predicted octanol–water partition coefficient (Wildman–Crippen LogP) is 2.73. The fourth-order valence-corrected chi connectivity index (χ4v) is 2.68. The lowest BCUT2D eigenvalue weighted by atomic mass is 9.93. The maximum Gasteiger partial charge on any atom is 0.407 e. The van der Waals surface area contributed by atoms with Crippen LogP contribution in [0.5, 0.6) is 0 Å². The molecule has 1 aliphatic heterocycles. The topological polar surface area (TPSA) is 50.4 Å². The van der Waals surface area contributed by atoms with Gasteiger partial charge >= 0.3 is 6.09 Å². The monoisotopic (exact) mass is 290 g/mol. The number of rotatable bonds is 4. The molecule has 0 radical (unpaired) electrons. The van der Waals surface area contributed by atoms with Crippen molar-refractivity contribution in [1.82, 2.24) is 10.6 Å². The molecule has 0 aliphatic carbocycles. The van der Waals surface area contributed by atoms with E-state index in [0.29, 0.717) is 5.92 Å². The summed E-state index contributed by atoms with van der Waals surface area (Å²) in [6, 6.07) is 10.4. The van der Waals surface area contributed by atoms with Crippen molar-refractivity contribution in [3.8, 4) is 0 Å². The Kier molecular flexibility index (Phi) is 5.23. The lowest BCUT2D eigenvalue weighted by molar-refractivity contribution is 0.0488. The highest BCUT2D eigenvalue weighted by Gasteiger charge is 2.28. The van der Waals surface area contributed by atoms with Gasteiger partial charge in [0.2, 0.25) is 0 Å². The summed E-state index contributed by atoms with van der Waals surface area (Å²) in [4.78, 5) is 12.1. The standard InChI is InChI=1S/C17H26N2O2/c1-17(2,3)21-16(20)19-15(14-9-10-18-12-14)11-13-7-5-4-6-8-13/h4-8,14-15,18H,9-12H2,1-3H3,(H,19,20)/t14-,15?/m1/s1. The molecule has 4 nitrogen and oxygen atoms in total. The number of ether oxygens (including phenoxy) is 1. The molecule has 2 rings (SSSR count). The van der Waals surface area contributed by atoms with Crippen molar-refractivity contribution < 1.29 is 9.53 Å². The van der Waals surface area contributed by atoms with Gasteiger partial charge < -0.3 is 15.4 Å². The smallest absolute Gasteiger partial charge is 0.407 e. The van der Waals surface area contributed by atoms with Crippen LogP contribution >= 0.6 is 0 Å². The van der Waals surface area contributed by atoms with Gasteiger partial charge in [-0.2, -0.15) is 0 Å². The number of hydrogen-bond donors (Lipinski definition) is 2. The van der Waals surface area contributed by atoms with Crippen LogP contribution in [0.15, 0.2) is 30.3 Å². The molecule has 21 heavy (non-hydrogen) atoms. The average molecular weight is 290 g/mol. The molecule has 116 valence electrons. The first-order valence-electron chi connectivity index (χ1n) is 7.68. The normalized spacial score (nSPS) is 20.0. The molecule has 1 fully saturated rings. The zero-order valence-electron chi connectivity index (χ0n) is 13.2. The largest absolute Gasteiger partial charge is 0.444 e. The van der Waals surface area contributed by atoms with Gasteiger partial charge in [0, 0.05) is 6.04 Å². The van der Waals surface area contributed by atoms with E-state index in [1.54, 1.807) is 0 Å². The van der Waals surface area contributed by atoms with Crippen molar-refractivity contribution in [3.05, 3.63) is 35.9 Å². The molecular weight excluding hydrogens is 264 g/mol. The summed E-state index contributed by atoms with van der Waals surface area (Å²) in [5.74, 6) is 0.456. The maximum absolute atomic E-state index is 12.1. The van der Waals surface area contributed by atoms with Crippen LogP contribution in [0.25, 0.3) is 0 Å². The minimum Gasteiger partial charge on any atom is -0.444 e. The van der Waals surface area contributed by atoms with Gasteiger partial charge in [0.15, 0.2) is 0 Å². The Bertz CT molecular complexity index is 448. The van der Waals surface area contributed by atoms with Crippen LogP contribution in [0.1, 0.15) is 32.8 Å². The Labute approximate surface area is 127 Å². The summed E-state index contributed by atoms with van der Waals surface area (Å²) in [5, 5.41) is 6.43. The first kappa shape index (κ1) is 15.8. The third kappa shape index (κ3) is 5.38. The van der Waals surface area contributed by atoms with E-state index in [9.17, 15) is 4.79 Å². The second-order valence-corrected chi connectivity index (χ2v) is 6.70. The number of amides is 1. The Hall–Kier alpha value is -1.55. The summed E-state index contributed by atoms with van der Waals surface area (Å²) < 4.78 is 5.40. The third-order valence-electron chi connectivity index (χ3n) is 3.67. The zero-order valence-corrected chi connectivity index (χ0v) is 13.2. The maximum atomic E-state index is 12.1. The molecule has 0 spiro atoms. The molecule has 1 aliphatic rings. The Morgan fingerprint density at radius 1 is 1.38 bits per heavy atom. The fourth-order valence-electron chi connectivity index (χ4n) is 2.68. The van der Waals surface area contributed by atoms with Crippen LogP contribution in [-0.2, 0) is 11.2 Å². The van der Waals surface area contributed by atoms with Gasteiger partial charge in [0.25, 0.3) is 0 Å². The Morgan fingerprint density at radius 2 is 2.10 bits per heavy atom. The number of carbonyl (C=O) groups is 1. The summed E-state index contributed by atoms with van der Waals surface area (Å²) in [5.41, 5.74) is 0.778. The molecule has 2 N–H and O–H groups in total. The van der Waals surface area contributed by atoms with Crippen molar-refractivity contribution in [2.75, 3.05) is 13.1 Å². The van der Waals surface area contributed by atoms with Crippen molar-refractivity contribution in [2.45, 2.75) is 45.3 Å². The molecule has 1 unspecified atom stereocenters. The molecule has 2 atom stereocenters. The minimum absolute atomic E-state index is 0.109. The van der Waals surface area contributed by atoms with E-state index in [1.807, 2.05) is 39.0 Å². The van der Waals surface area contributed by atoms with E-state index in [1.165, 1.54) is 5.56 Å². The van der Waals surface area contributed by atoms with Crippen LogP contribution in [0, 0.1) is 5.92 Å². The second-order valence-electron chi connectivity index (χ2n) is 6.70. The molecule has 1 aromatic carbocycles. The number of hydrogen-bond acceptors (Lipinski definition) is 3. The van der Waals surface area contributed by atoms with Crippen LogP contribution < -0.4 is 10.6 Å². The Morgan fingerprint density at radius 3 is 2.67 bits per heavy atom. The van der Waals surface area contributed by atoms with E-state index in [4.69, 9.17) is 4.74 Å². The SMILES string of the molecule is CC(C)(C)OC(=O)NC(Cc1ccccc1)[C@@H]1CCNC1. The minimum atomic E-state index is -0.463. The van der Waals surface area contributed by atoms with Gasteiger partial charge in [-0.05, 0) is 58.2 Å². The van der Waals surface area contributed by atoms with Crippen LogP contribution in [0.4, 0.5) is 4.79 Å². The molecule has 1 amide bonds. The average Bonchev–Trinajstić information content (AvgIpc) is 2.90. The molecule has 0 aromatic heterocycles. The lowest BCUT2D eigenvalue weighted by Crippen LogP contribution is -2.44. The quantitative estimate of drug-likeness (QED) is 0.896. The summed E-state index contributed by atoms with van der Waals surface area (Å²) in [6.07, 6.45) is 1.61. The van der Waals surface area contributed by atoms with Crippen LogP contribution in [-0.4, -0.2) is 30.8 Å². The highest BCUT2D eigenvalue weighted by atomic mass is 16.6. The Balaban J connectivity index is 2.00. The number of alkyl carbamates (subject to hydrolysis) is 1. The van der Waals surface area contributed by atoms with E-state index in [2.05, 4.69) is 22.8 Å². The predicted molar refractivity (Wildman–Crippen MR) is 84.3 cm³/mol. The summed E-state index contributed by atoms with van der Waals surface area (Å²) >= 11 is 0. The third-order valence-corrected chi connectivity index (χ3v) is 3.67. The lowest BCUT2D eigenvalue weighted by Gasteiger charge is -2.27. The van der Waals surface area contributed by atoms with Crippen molar-refractivity contribution in [2.24, 2.45) is 5.92 Å². The van der Waals surface area contributed by atoms with E-state index < -0.39 is 5.60 Å². The number of carbonyl (C=O) groups excluding carboxylic acids is 1. The molecule has 1 saturated heterocycles. The zero-order chi connectivity index (χ0) is 15.3. The second kappa shape index (κ2) is 6.94. The van der Waals surface area contributed by atoms with Crippen LogP contribution in [0.3, 0.4) is 0 Å². The van der Waals surface area contributed by atoms with Crippen LogP contribution in [0.2, 0.25) is 0 Å². The molecule has 4 heteroatoms. The van der Waals surface area contributed by atoms with Gasteiger partial charge in [-0.1, -0.05) is 30.3 Å². The first-order chi connectivity index (χ1) is 9.94. The van der Waals surface area contributed by atoms with Gasteiger partial charge in [-0.15, -0.1) is 0 Å². The van der Waals surface area contributed by atoms with Crippen molar-refractivity contribution >= 4 is 6.09 Å². The highest BCUT2D eigenvalue weighted by Crippen LogP contribution is 2.18. The first-order valence-corrected chi connectivity index (χ1v) is 7.68. The molecule has 0 saturated carbocycles. The van der Waals surface area contributed by atoms with Gasteiger partial charge in [-0.3, -0.25) is 0 Å². The highest BCUT2D eigenvalue weighted by molar-refractivity contribution is 5.68. The van der Waals surface area contributed by atoms with Gasteiger partial charge in [0.1, 0.15) is 5.60 Å². The molecule has 1 aromatic rings. The molecular formula is C17H26N2O2. The van der Waals surface area contributed by atoms with Gasteiger partial charge in [0.05, 0.1) is 0 Å². The number of benzene rings is 1. The summed E-state index contributed by atoms with van der Waals surface area (Å²) in [7, 11) is 0. The van der Waals surface area contributed by atoms with E-state index in [0.717, 1.165) is 25.9 Å². The fraction of sp³-hybridized carbons (Fsp3) is 0.588. The van der Waals surface area contributed by atoms with Gasteiger partial charge in [-0.25, -0.2) is 4.79 Å².